The van der Waals surface area contributed by atoms with Crippen molar-refractivity contribution < 1.29 is 0 Å². The monoisotopic (exact) mass is 253 g/mol. The van der Waals surface area contributed by atoms with Crippen LogP contribution in [0, 0.1) is 0 Å². The molecule has 7 nitrogen and oxygen atoms in total. The lowest BCUT2D eigenvalue weighted by molar-refractivity contribution is 0.326. The first-order chi connectivity index (χ1) is 8.43. The van der Waals surface area contributed by atoms with Crippen molar-refractivity contribution in [2.75, 3.05) is 57.3 Å². The summed E-state index contributed by atoms with van der Waals surface area (Å²) in [5.41, 5.74) is 0. The minimum absolute atomic E-state index is 0.405. The third kappa shape index (κ3) is 3.99. The van der Waals surface area contributed by atoms with Crippen LogP contribution in [0.15, 0.2) is 0 Å². The van der Waals surface area contributed by atoms with Crippen molar-refractivity contribution in [2.24, 2.45) is 0 Å². The predicted octanol–water partition coefficient (Wildman–Crippen LogP) is 0.341. The second-order valence-electron chi connectivity index (χ2n) is 4.62. The molecule has 0 aliphatic carbocycles. The Kier molecular flexibility index (Phi) is 5.08. The van der Waals surface area contributed by atoms with Gasteiger partial charge in [0.05, 0.1) is 0 Å². The Morgan fingerprint density at radius 3 is 2.17 bits per heavy atom. The number of nitrogens with zero attached hydrogens (tertiary/aromatic N) is 5. The molecule has 7 heteroatoms. The Balaban J connectivity index is 2.78. The number of likely N-dealkylation sites (N-methyl/N-ethyl adjacent to an activating group) is 1. The first-order valence-corrected chi connectivity index (χ1v) is 5.95. The molecule has 0 aliphatic heterocycles. The van der Waals surface area contributed by atoms with Gasteiger partial charge in [-0.05, 0) is 21.0 Å². The van der Waals surface area contributed by atoms with E-state index in [0.717, 1.165) is 6.54 Å². The van der Waals surface area contributed by atoms with Gasteiger partial charge in [-0.15, -0.1) is 0 Å². The highest BCUT2D eigenvalue weighted by Crippen LogP contribution is 2.10. The summed E-state index contributed by atoms with van der Waals surface area (Å²) in [7, 11) is 9.69. The van der Waals surface area contributed by atoms with Crippen LogP contribution < -0.4 is 15.5 Å². The molecule has 1 aromatic rings. The van der Waals surface area contributed by atoms with Gasteiger partial charge in [0, 0.05) is 33.7 Å². The fraction of sp³-hybridized carbons (Fsp3) is 0.727. The molecule has 2 N–H and O–H groups in total. The number of aromatic nitrogens is 3. The lowest BCUT2D eigenvalue weighted by Gasteiger charge is -2.20. The van der Waals surface area contributed by atoms with Crippen LogP contribution in [-0.4, -0.2) is 67.7 Å². The van der Waals surface area contributed by atoms with Gasteiger partial charge in [0.2, 0.25) is 17.8 Å². The van der Waals surface area contributed by atoms with Crippen molar-refractivity contribution >= 4 is 17.8 Å². The van der Waals surface area contributed by atoms with Crippen LogP contribution >= 0.6 is 0 Å². The zero-order valence-corrected chi connectivity index (χ0v) is 12.0. The predicted molar refractivity (Wildman–Crippen MR) is 75.3 cm³/mol. The molecule has 102 valence electrons. The summed E-state index contributed by atoms with van der Waals surface area (Å²) in [6, 6.07) is 0.405. The van der Waals surface area contributed by atoms with Gasteiger partial charge in [0.1, 0.15) is 0 Å². The minimum atomic E-state index is 0.405. The lowest BCUT2D eigenvalue weighted by Crippen LogP contribution is -2.32. The maximum Gasteiger partial charge on any atom is 0.231 e. The summed E-state index contributed by atoms with van der Waals surface area (Å²) >= 11 is 0. The van der Waals surface area contributed by atoms with Gasteiger partial charge in [0.25, 0.3) is 0 Å². The van der Waals surface area contributed by atoms with Crippen molar-refractivity contribution in [1.82, 2.24) is 19.9 Å². The third-order valence-corrected chi connectivity index (χ3v) is 2.68. The van der Waals surface area contributed by atoms with E-state index < -0.39 is 0 Å². The molecule has 0 aliphatic rings. The van der Waals surface area contributed by atoms with Crippen LogP contribution in [0.2, 0.25) is 0 Å². The smallest absolute Gasteiger partial charge is 0.231 e. The summed E-state index contributed by atoms with van der Waals surface area (Å²) in [6.07, 6.45) is 0. The molecule has 0 saturated carbocycles. The number of anilines is 3. The quantitative estimate of drug-likeness (QED) is 0.757. The molecule has 1 unspecified atom stereocenters. The number of nitrogens with one attached hydrogen (secondary N) is 2. The Hall–Kier alpha value is -1.63. The summed E-state index contributed by atoms with van der Waals surface area (Å²) < 4.78 is 0. The number of hydrogen-bond acceptors (Lipinski definition) is 7. The van der Waals surface area contributed by atoms with Gasteiger partial charge in [-0.1, -0.05) is 0 Å². The molecular weight excluding hydrogens is 230 g/mol. The molecule has 0 fully saturated rings. The fourth-order valence-electron chi connectivity index (χ4n) is 1.18. The van der Waals surface area contributed by atoms with E-state index in [9.17, 15) is 0 Å². The minimum Gasteiger partial charge on any atom is -0.357 e. The summed E-state index contributed by atoms with van der Waals surface area (Å²) in [6.45, 7) is 2.92. The van der Waals surface area contributed by atoms with Crippen LogP contribution in [0.1, 0.15) is 6.92 Å². The molecule has 0 saturated heterocycles. The van der Waals surface area contributed by atoms with E-state index in [1.807, 2.05) is 33.1 Å². The molecule has 0 aromatic carbocycles. The summed E-state index contributed by atoms with van der Waals surface area (Å²) in [5, 5.41) is 6.16. The highest BCUT2D eigenvalue weighted by Gasteiger charge is 2.09. The molecule has 18 heavy (non-hydrogen) atoms. The molecular formula is C11H23N7. The van der Waals surface area contributed by atoms with Crippen LogP contribution in [0.3, 0.4) is 0 Å². The van der Waals surface area contributed by atoms with Crippen LogP contribution in [0.5, 0.6) is 0 Å². The number of hydrogen-bond donors (Lipinski definition) is 2. The maximum absolute atomic E-state index is 4.35. The highest BCUT2D eigenvalue weighted by molar-refractivity contribution is 5.42. The average molecular weight is 253 g/mol. The molecule has 1 rings (SSSR count). The Labute approximate surface area is 109 Å². The van der Waals surface area contributed by atoms with Crippen molar-refractivity contribution in [3.8, 4) is 0 Å². The van der Waals surface area contributed by atoms with Gasteiger partial charge in [-0.25, -0.2) is 0 Å². The van der Waals surface area contributed by atoms with Gasteiger partial charge < -0.3 is 20.4 Å². The van der Waals surface area contributed by atoms with E-state index in [4.69, 9.17) is 0 Å². The first-order valence-electron chi connectivity index (χ1n) is 5.95. The SMILES string of the molecule is CNc1nc(NCC(C)N(C)C)nc(N(C)C)n1. The molecule has 1 heterocycles. The molecule has 0 radical (unpaired) electrons. The van der Waals surface area contributed by atoms with Crippen LogP contribution in [0.25, 0.3) is 0 Å². The average Bonchev–Trinajstić information content (AvgIpc) is 2.35. The van der Waals surface area contributed by atoms with Crippen LogP contribution in [0.4, 0.5) is 17.8 Å². The Morgan fingerprint density at radius 1 is 1.06 bits per heavy atom. The Morgan fingerprint density at radius 2 is 1.67 bits per heavy atom. The van der Waals surface area contributed by atoms with E-state index in [2.05, 4.69) is 37.4 Å². The largest absolute Gasteiger partial charge is 0.357 e. The third-order valence-electron chi connectivity index (χ3n) is 2.68. The molecule has 1 atom stereocenters. The fourth-order valence-corrected chi connectivity index (χ4v) is 1.18. The molecule has 1 aromatic heterocycles. The standard InChI is InChI=1S/C11H23N7/c1-8(17(3)4)7-13-10-14-9(12-2)15-11(16-10)18(5)6/h8H,7H2,1-6H3,(H2,12,13,14,15,16). The van der Waals surface area contributed by atoms with E-state index in [1.54, 1.807) is 7.05 Å². The molecule has 0 bridgehead atoms. The van der Waals surface area contributed by atoms with Gasteiger partial charge in [0.15, 0.2) is 0 Å². The topological polar surface area (TPSA) is 69.2 Å². The van der Waals surface area contributed by atoms with Gasteiger partial charge in [-0.2, -0.15) is 15.0 Å². The van der Waals surface area contributed by atoms with Crippen molar-refractivity contribution in [3.63, 3.8) is 0 Å². The zero-order valence-electron chi connectivity index (χ0n) is 12.0. The van der Waals surface area contributed by atoms with Crippen molar-refractivity contribution in [2.45, 2.75) is 13.0 Å². The van der Waals surface area contributed by atoms with Gasteiger partial charge in [-0.3, -0.25) is 0 Å². The molecule has 0 amide bonds. The lowest BCUT2D eigenvalue weighted by atomic mass is 10.3. The molecule has 0 spiro atoms. The second kappa shape index (κ2) is 6.34. The number of rotatable bonds is 6. The van der Waals surface area contributed by atoms with E-state index in [0.29, 0.717) is 23.9 Å². The van der Waals surface area contributed by atoms with Crippen molar-refractivity contribution in [1.29, 1.82) is 0 Å². The highest BCUT2D eigenvalue weighted by atomic mass is 15.3. The normalized spacial score (nSPS) is 12.4. The van der Waals surface area contributed by atoms with E-state index in [1.165, 1.54) is 0 Å². The first kappa shape index (κ1) is 14.4. The zero-order chi connectivity index (χ0) is 13.7. The van der Waals surface area contributed by atoms with E-state index in [-0.39, 0.29) is 0 Å². The van der Waals surface area contributed by atoms with E-state index >= 15 is 0 Å². The maximum atomic E-state index is 4.35. The van der Waals surface area contributed by atoms with Gasteiger partial charge >= 0.3 is 0 Å². The van der Waals surface area contributed by atoms with Crippen molar-refractivity contribution in [3.05, 3.63) is 0 Å². The second-order valence-corrected chi connectivity index (χ2v) is 4.62. The summed E-state index contributed by atoms with van der Waals surface area (Å²) in [4.78, 5) is 16.9. The van der Waals surface area contributed by atoms with Crippen LogP contribution in [-0.2, 0) is 0 Å². The Bertz CT molecular complexity index is 378. The summed E-state index contributed by atoms with van der Waals surface area (Å²) in [5.74, 6) is 1.79.